The summed E-state index contributed by atoms with van der Waals surface area (Å²) in [6, 6.07) is 0. The molecule has 82 valence electrons. The van der Waals surface area contributed by atoms with Crippen molar-refractivity contribution in [2.24, 2.45) is 5.84 Å². The van der Waals surface area contributed by atoms with Crippen LogP contribution in [0.5, 0.6) is 0 Å². The lowest BCUT2D eigenvalue weighted by Crippen LogP contribution is -2.13. The second-order valence-corrected chi connectivity index (χ2v) is 3.65. The Morgan fingerprint density at radius 3 is 3.00 bits per heavy atom. The van der Waals surface area contributed by atoms with Crippen LogP contribution in [-0.4, -0.2) is 25.1 Å². The fourth-order valence-electron chi connectivity index (χ4n) is 1.97. The summed E-state index contributed by atoms with van der Waals surface area (Å²) in [4.78, 5) is 12.8. The number of aryl methyl sites for hydroxylation is 1. The number of anilines is 1. The summed E-state index contributed by atoms with van der Waals surface area (Å²) < 4.78 is 0. The fourth-order valence-corrected chi connectivity index (χ4v) is 1.97. The zero-order valence-corrected chi connectivity index (χ0v) is 8.56. The van der Waals surface area contributed by atoms with Crippen molar-refractivity contribution in [3.8, 4) is 11.6 Å². The van der Waals surface area contributed by atoms with Gasteiger partial charge < -0.3 is 5.43 Å². The molecule has 0 amide bonds. The van der Waals surface area contributed by atoms with Crippen molar-refractivity contribution in [3.05, 3.63) is 17.6 Å². The third kappa shape index (κ3) is 1.33. The van der Waals surface area contributed by atoms with Crippen LogP contribution < -0.4 is 11.3 Å². The van der Waals surface area contributed by atoms with Gasteiger partial charge in [-0.25, -0.2) is 20.8 Å². The minimum atomic E-state index is 0.533. The van der Waals surface area contributed by atoms with Gasteiger partial charge in [-0.3, -0.25) is 5.10 Å². The maximum atomic E-state index is 5.46. The zero-order chi connectivity index (χ0) is 11.0. The van der Waals surface area contributed by atoms with Gasteiger partial charge in [0.2, 0.25) is 0 Å². The van der Waals surface area contributed by atoms with E-state index in [9.17, 15) is 0 Å². The molecule has 4 N–H and O–H groups in total. The normalized spacial score (nSPS) is 13.8. The summed E-state index contributed by atoms with van der Waals surface area (Å²) in [6.07, 6.45) is 4.47. The molecule has 0 spiro atoms. The molecule has 7 heteroatoms. The van der Waals surface area contributed by atoms with Crippen molar-refractivity contribution in [1.29, 1.82) is 0 Å². The van der Waals surface area contributed by atoms with Gasteiger partial charge in [0.1, 0.15) is 12.1 Å². The number of nitrogen functional groups attached to an aromatic ring is 1. The largest absolute Gasteiger partial charge is 0.308 e. The number of aromatic amines is 1. The maximum absolute atomic E-state index is 5.46. The highest BCUT2D eigenvalue weighted by Gasteiger charge is 2.20. The molecule has 16 heavy (non-hydrogen) atoms. The molecule has 7 nitrogen and oxygen atoms in total. The Morgan fingerprint density at radius 2 is 2.25 bits per heavy atom. The number of hydrogen-bond donors (Lipinski definition) is 3. The van der Waals surface area contributed by atoms with Crippen molar-refractivity contribution >= 4 is 5.82 Å². The van der Waals surface area contributed by atoms with E-state index in [-0.39, 0.29) is 0 Å². The molecule has 2 aromatic rings. The van der Waals surface area contributed by atoms with Gasteiger partial charge in [-0.1, -0.05) is 0 Å². The Bertz CT molecular complexity index is 505. The molecule has 0 saturated carbocycles. The van der Waals surface area contributed by atoms with E-state index in [1.807, 2.05) is 0 Å². The van der Waals surface area contributed by atoms with Gasteiger partial charge in [0.05, 0.1) is 0 Å². The Hall–Kier alpha value is -2.02. The van der Waals surface area contributed by atoms with Gasteiger partial charge in [0, 0.05) is 11.3 Å². The van der Waals surface area contributed by atoms with Crippen molar-refractivity contribution in [2.45, 2.75) is 19.3 Å². The van der Waals surface area contributed by atoms with Crippen LogP contribution in [0.4, 0.5) is 5.82 Å². The summed E-state index contributed by atoms with van der Waals surface area (Å²) in [7, 11) is 0. The highest BCUT2D eigenvalue weighted by atomic mass is 15.3. The SMILES string of the molecule is NNc1nc(-c2ncn[nH]2)nc2c1CCC2. The molecule has 0 radical (unpaired) electrons. The summed E-state index contributed by atoms with van der Waals surface area (Å²) in [5.74, 6) is 7.24. The van der Waals surface area contributed by atoms with Gasteiger partial charge in [-0.15, -0.1) is 0 Å². The standard InChI is InChI=1S/C9H11N7/c10-15-7-5-2-1-3-6(5)13-9(14-7)8-11-4-12-16-8/h4H,1-3,10H2,(H,11,12,16)(H,13,14,15). The van der Waals surface area contributed by atoms with E-state index in [0.717, 1.165) is 30.5 Å². The smallest absolute Gasteiger partial charge is 0.199 e. The lowest BCUT2D eigenvalue weighted by atomic mass is 10.2. The van der Waals surface area contributed by atoms with Crippen LogP contribution in [0.15, 0.2) is 6.33 Å². The number of nitrogens with zero attached hydrogens (tertiary/aromatic N) is 4. The average molecular weight is 217 g/mol. The number of H-pyrrole nitrogens is 1. The van der Waals surface area contributed by atoms with Crippen LogP contribution in [0, 0.1) is 0 Å². The predicted molar refractivity (Wildman–Crippen MR) is 57.2 cm³/mol. The molecule has 1 aliphatic rings. The number of nitrogens with two attached hydrogens (primary N) is 1. The first-order valence-electron chi connectivity index (χ1n) is 5.10. The van der Waals surface area contributed by atoms with Crippen LogP contribution in [0.2, 0.25) is 0 Å². The van der Waals surface area contributed by atoms with Crippen LogP contribution in [0.1, 0.15) is 17.7 Å². The summed E-state index contributed by atoms with van der Waals surface area (Å²) in [6.45, 7) is 0. The Morgan fingerprint density at radius 1 is 1.31 bits per heavy atom. The number of fused-ring (bicyclic) bond motifs is 1. The number of nitrogens with one attached hydrogen (secondary N) is 2. The average Bonchev–Trinajstić information content (AvgIpc) is 2.97. The number of aromatic nitrogens is 5. The molecule has 0 atom stereocenters. The van der Waals surface area contributed by atoms with Crippen molar-refractivity contribution < 1.29 is 0 Å². The third-order valence-electron chi connectivity index (χ3n) is 2.70. The van der Waals surface area contributed by atoms with E-state index in [1.165, 1.54) is 6.33 Å². The first-order chi connectivity index (χ1) is 7.88. The van der Waals surface area contributed by atoms with Crippen molar-refractivity contribution in [1.82, 2.24) is 25.1 Å². The van der Waals surface area contributed by atoms with E-state index >= 15 is 0 Å². The van der Waals surface area contributed by atoms with Crippen LogP contribution in [0.25, 0.3) is 11.6 Å². The quantitative estimate of drug-likeness (QED) is 0.484. The molecule has 3 rings (SSSR count). The Kier molecular flexibility index (Phi) is 2.03. The van der Waals surface area contributed by atoms with Crippen molar-refractivity contribution in [2.75, 3.05) is 5.43 Å². The maximum Gasteiger partial charge on any atom is 0.199 e. The second kappa shape index (κ2) is 3.53. The molecule has 2 aromatic heterocycles. The Balaban J connectivity index is 2.15. The van der Waals surface area contributed by atoms with Crippen LogP contribution >= 0.6 is 0 Å². The van der Waals surface area contributed by atoms with Gasteiger partial charge in [0.25, 0.3) is 0 Å². The summed E-state index contributed by atoms with van der Waals surface area (Å²) in [5, 5.41) is 6.52. The van der Waals surface area contributed by atoms with E-state index in [1.54, 1.807) is 0 Å². The lowest BCUT2D eigenvalue weighted by Gasteiger charge is -2.07. The van der Waals surface area contributed by atoms with E-state index in [0.29, 0.717) is 17.5 Å². The van der Waals surface area contributed by atoms with E-state index < -0.39 is 0 Å². The first kappa shape index (κ1) is 9.22. The van der Waals surface area contributed by atoms with Gasteiger partial charge in [-0.2, -0.15) is 5.10 Å². The number of hydrogen-bond acceptors (Lipinski definition) is 6. The topological polar surface area (TPSA) is 105 Å². The van der Waals surface area contributed by atoms with Gasteiger partial charge >= 0.3 is 0 Å². The predicted octanol–water partition coefficient (Wildman–Crippen LogP) is 0.0360. The molecule has 0 unspecified atom stereocenters. The minimum absolute atomic E-state index is 0.533. The Labute approximate surface area is 91.5 Å². The van der Waals surface area contributed by atoms with E-state index in [2.05, 4.69) is 30.6 Å². The number of rotatable bonds is 2. The van der Waals surface area contributed by atoms with Gasteiger partial charge in [-0.05, 0) is 19.3 Å². The van der Waals surface area contributed by atoms with Crippen LogP contribution in [-0.2, 0) is 12.8 Å². The summed E-state index contributed by atoms with van der Waals surface area (Å²) >= 11 is 0. The summed E-state index contributed by atoms with van der Waals surface area (Å²) in [5.41, 5.74) is 4.78. The molecule has 0 saturated heterocycles. The second-order valence-electron chi connectivity index (χ2n) is 3.65. The molecule has 0 bridgehead atoms. The molecule has 0 fully saturated rings. The highest BCUT2D eigenvalue weighted by Crippen LogP contribution is 2.27. The van der Waals surface area contributed by atoms with Crippen molar-refractivity contribution in [3.63, 3.8) is 0 Å². The lowest BCUT2D eigenvalue weighted by molar-refractivity contribution is 0.899. The van der Waals surface area contributed by atoms with Crippen LogP contribution in [0.3, 0.4) is 0 Å². The first-order valence-corrected chi connectivity index (χ1v) is 5.10. The molecule has 0 aromatic carbocycles. The van der Waals surface area contributed by atoms with Gasteiger partial charge in [0.15, 0.2) is 11.6 Å². The highest BCUT2D eigenvalue weighted by molar-refractivity contribution is 5.54. The van der Waals surface area contributed by atoms with E-state index in [4.69, 9.17) is 5.84 Å². The zero-order valence-electron chi connectivity index (χ0n) is 8.56. The molecule has 0 aliphatic heterocycles. The number of hydrazine groups is 1. The fraction of sp³-hybridized carbons (Fsp3) is 0.333. The molecule has 2 heterocycles. The molecule has 1 aliphatic carbocycles. The third-order valence-corrected chi connectivity index (χ3v) is 2.70. The minimum Gasteiger partial charge on any atom is -0.308 e. The molecular formula is C9H11N7. The monoisotopic (exact) mass is 217 g/mol. The molecular weight excluding hydrogens is 206 g/mol.